The van der Waals surface area contributed by atoms with E-state index in [9.17, 15) is 9.59 Å². The molecule has 2 aromatic rings. The van der Waals surface area contributed by atoms with Crippen LogP contribution in [0, 0.1) is 0 Å². The van der Waals surface area contributed by atoms with E-state index in [2.05, 4.69) is 20.6 Å². The van der Waals surface area contributed by atoms with Crippen molar-refractivity contribution >= 4 is 22.5 Å². The lowest BCUT2D eigenvalue weighted by molar-refractivity contribution is -0.117. The number of benzene rings is 1. The molecule has 1 aliphatic heterocycles. The van der Waals surface area contributed by atoms with E-state index in [1.165, 1.54) is 6.33 Å². The highest BCUT2D eigenvalue weighted by Crippen LogP contribution is 2.15. The minimum absolute atomic E-state index is 0.0401. The minimum Gasteiger partial charge on any atom is -0.325 e. The number of hydrogen-bond donors (Lipinski definition) is 3. The molecule has 19 heavy (non-hydrogen) atoms. The molecule has 1 unspecified atom stereocenters. The van der Waals surface area contributed by atoms with Gasteiger partial charge < -0.3 is 15.6 Å². The van der Waals surface area contributed by atoms with Gasteiger partial charge in [-0.25, -0.2) is 4.98 Å². The van der Waals surface area contributed by atoms with Crippen molar-refractivity contribution in [2.24, 2.45) is 0 Å². The molecule has 1 aliphatic rings. The van der Waals surface area contributed by atoms with Crippen molar-refractivity contribution in [3.63, 3.8) is 0 Å². The molecular formula is C13H14N4O2. The van der Waals surface area contributed by atoms with E-state index in [1.54, 1.807) is 18.2 Å². The van der Waals surface area contributed by atoms with Crippen molar-refractivity contribution < 1.29 is 4.79 Å². The summed E-state index contributed by atoms with van der Waals surface area (Å²) >= 11 is 0. The third-order valence-electron chi connectivity index (χ3n) is 3.29. The van der Waals surface area contributed by atoms with E-state index >= 15 is 0 Å². The van der Waals surface area contributed by atoms with Crippen LogP contribution in [0.15, 0.2) is 29.3 Å². The summed E-state index contributed by atoms with van der Waals surface area (Å²) in [6.07, 6.45) is 3.23. The normalized spacial score (nSPS) is 18.6. The average molecular weight is 258 g/mol. The van der Waals surface area contributed by atoms with Crippen LogP contribution in [0.2, 0.25) is 0 Å². The number of carbonyl (C=O) groups excluding carboxylic acids is 1. The monoisotopic (exact) mass is 258 g/mol. The van der Waals surface area contributed by atoms with Gasteiger partial charge in [0.1, 0.15) is 0 Å². The predicted octanol–water partition coefficient (Wildman–Crippen LogP) is 0.614. The summed E-state index contributed by atoms with van der Waals surface area (Å²) in [7, 11) is 0. The molecule has 6 heteroatoms. The van der Waals surface area contributed by atoms with Gasteiger partial charge in [-0.2, -0.15) is 0 Å². The quantitative estimate of drug-likeness (QED) is 0.736. The van der Waals surface area contributed by atoms with E-state index in [-0.39, 0.29) is 17.5 Å². The first-order valence-electron chi connectivity index (χ1n) is 6.26. The fourth-order valence-corrected chi connectivity index (χ4v) is 2.28. The van der Waals surface area contributed by atoms with Gasteiger partial charge in [0.15, 0.2) is 0 Å². The van der Waals surface area contributed by atoms with Crippen LogP contribution in [-0.4, -0.2) is 28.5 Å². The molecule has 1 fully saturated rings. The number of nitrogens with zero attached hydrogens (tertiary/aromatic N) is 1. The first-order chi connectivity index (χ1) is 9.24. The van der Waals surface area contributed by atoms with E-state index in [1.807, 2.05) is 0 Å². The van der Waals surface area contributed by atoms with Crippen LogP contribution in [0.3, 0.4) is 0 Å². The third kappa shape index (κ3) is 2.34. The Hall–Kier alpha value is -2.21. The Labute approximate surface area is 109 Å². The van der Waals surface area contributed by atoms with Gasteiger partial charge >= 0.3 is 0 Å². The Bertz CT molecular complexity index is 674. The van der Waals surface area contributed by atoms with Gasteiger partial charge in [0.2, 0.25) is 5.91 Å². The van der Waals surface area contributed by atoms with Gasteiger partial charge in [0.05, 0.1) is 23.3 Å². The van der Waals surface area contributed by atoms with Crippen molar-refractivity contribution in [1.29, 1.82) is 0 Å². The number of aromatic nitrogens is 2. The van der Waals surface area contributed by atoms with Gasteiger partial charge in [-0.3, -0.25) is 9.59 Å². The first-order valence-corrected chi connectivity index (χ1v) is 6.26. The number of anilines is 1. The zero-order chi connectivity index (χ0) is 13.2. The highest BCUT2D eigenvalue weighted by Gasteiger charge is 2.21. The number of fused-ring (bicyclic) bond motifs is 1. The SMILES string of the molecule is O=C(Nc1ccc2c(=O)[nH]cnc2c1)C1CCCN1. The second-order valence-corrected chi connectivity index (χ2v) is 4.60. The molecule has 0 spiro atoms. The van der Waals surface area contributed by atoms with Crippen molar-refractivity contribution in [1.82, 2.24) is 15.3 Å². The molecule has 1 saturated heterocycles. The Kier molecular flexibility index (Phi) is 3.00. The molecule has 3 rings (SSSR count). The molecule has 1 aromatic carbocycles. The number of rotatable bonds is 2. The number of aromatic amines is 1. The van der Waals surface area contributed by atoms with Gasteiger partial charge in [-0.1, -0.05) is 0 Å². The van der Waals surface area contributed by atoms with E-state index in [0.29, 0.717) is 16.6 Å². The number of nitrogens with one attached hydrogen (secondary N) is 3. The lowest BCUT2D eigenvalue weighted by Gasteiger charge is -2.11. The summed E-state index contributed by atoms with van der Waals surface area (Å²) in [5, 5.41) is 6.50. The number of carbonyl (C=O) groups is 1. The molecule has 1 atom stereocenters. The topological polar surface area (TPSA) is 86.9 Å². The molecular weight excluding hydrogens is 244 g/mol. The fraction of sp³-hybridized carbons (Fsp3) is 0.308. The lowest BCUT2D eigenvalue weighted by atomic mass is 10.2. The van der Waals surface area contributed by atoms with Crippen LogP contribution in [0.4, 0.5) is 5.69 Å². The second kappa shape index (κ2) is 4.81. The second-order valence-electron chi connectivity index (χ2n) is 4.60. The number of amides is 1. The smallest absolute Gasteiger partial charge is 0.258 e. The number of hydrogen-bond acceptors (Lipinski definition) is 4. The van der Waals surface area contributed by atoms with Crippen molar-refractivity contribution in [3.8, 4) is 0 Å². The van der Waals surface area contributed by atoms with Crippen LogP contribution in [-0.2, 0) is 4.79 Å². The lowest BCUT2D eigenvalue weighted by Crippen LogP contribution is -2.35. The van der Waals surface area contributed by atoms with E-state index in [4.69, 9.17) is 0 Å². The summed E-state index contributed by atoms with van der Waals surface area (Å²) in [5.74, 6) is -0.0401. The Morgan fingerprint density at radius 2 is 2.32 bits per heavy atom. The maximum Gasteiger partial charge on any atom is 0.258 e. The standard InChI is InChI=1S/C13H14N4O2/c18-12-9-4-3-8(6-11(9)15-7-16-12)17-13(19)10-2-1-5-14-10/h3-4,6-7,10,14H,1-2,5H2,(H,17,19)(H,15,16,18). The minimum atomic E-state index is -0.180. The predicted molar refractivity (Wildman–Crippen MR) is 72.0 cm³/mol. The molecule has 98 valence electrons. The molecule has 2 heterocycles. The molecule has 6 nitrogen and oxygen atoms in total. The van der Waals surface area contributed by atoms with Gasteiger partial charge in [0, 0.05) is 5.69 Å². The van der Waals surface area contributed by atoms with Crippen LogP contribution in [0.25, 0.3) is 10.9 Å². The Morgan fingerprint density at radius 1 is 1.42 bits per heavy atom. The summed E-state index contributed by atoms with van der Waals surface area (Å²) in [5.41, 5.74) is 1.05. The summed E-state index contributed by atoms with van der Waals surface area (Å²) in [6.45, 7) is 0.882. The Morgan fingerprint density at radius 3 is 3.11 bits per heavy atom. The maximum absolute atomic E-state index is 12.0. The largest absolute Gasteiger partial charge is 0.325 e. The van der Waals surface area contributed by atoms with E-state index < -0.39 is 0 Å². The highest BCUT2D eigenvalue weighted by molar-refractivity contribution is 5.96. The molecule has 0 saturated carbocycles. The van der Waals surface area contributed by atoms with Crippen LogP contribution < -0.4 is 16.2 Å². The molecule has 1 aromatic heterocycles. The molecule has 1 amide bonds. The average Bonchev–Trinajstić information content (AvgIpc) is 2.93. The van der Waals surface area contributed by atoms with Crippen molar-refractivity contribution in [3.05, 3.63) is 34.9 Å². The summed E-state index contributed by atoms with van der Waals surface area (Å²) in [6, 6.07) is 4.96. The van der Waals surface area contributed by atoms with Crippen LogP contribution in [0.1, 0.15) is 12.8 Å². The van der Waals surface area contributed by atoms with Crippen LogP contribution >= 0.6 is 0 Å². The first kappa shape index (κ1) is 11.9. The zero-order valence-corrected chi connectivity index (χ0v) is 10.3. The zero-order valence-electron chi connectivity index (χ0n) is 10.3. The van der Waals surface area contributed by atoms with Gasteiger partial charge in [-0.15, -0.1) is 0 Å². The van der Waals surface area contributed by atoms with Crippen LogP contribution in [0.5, 0.6) is 0 Å². The summed E-state index contributed by atoms with van der Waals surface area (Å²) < 4.78 is 0. The van der Waals surface area contributed by atoms with Gasteiger partial charge in [0.25, 0.3) is 5.56 Å². The summed E-state index contributed by atoms with van der Waals surface area (Å²) in [4.78, 5) is 30.1. The molecule has 3 N–H and O–H groups in total. The van der Waals surface area contributed by atoms with Crippen molar-refractivity contribution in [2.75, 3.05) is 11.9 Å². The van der Waals surface area contributed by atoms with Crippen molar-refractivity contribution in [2.45, 2.75) is 18.9 Å². The fourth-order valence-electron chi connectivity index (χ4n) is 2.28. The molecule has 0 bridgehead atoms. The highest BCUT2D eigenvalue weighted by atomic mass is 16.2. The maximum atomic E-state index is 12.0. The number of H-pyrrole nitrogens is 1. The molecule has 0 radical (unpaired) electrons. The van der Waals surface area contributed by atoms with E-state index in [0.717, 1.165) is 19.4 Å². The van der Waals surface area contributed by atoms with Gasteiger partial charge in [-0.05, 0) is 37.6 Å². The Balaban J connectivity index is 1.85. The molecule has 0 aliphatic carbocycles. The third-order valence-corrected chi connectivity index (χ3v) is 3.29.